The van der Waals surface area contributed by atoms with Crippen LogP contribution in [0.5, 0.6) is 11.5 Å². The maximum absolute atomic E-state index is 11.9. The number of para-hydroxylation sites is 2. The van der Waals surface area contributed by atoms with E-state index in [1.807, 2.05) is 24.3 Å². The lowest BCUT2D eigenvalue weighted by molar-refractivity contribution is -0.118. The molecule has 8 heteroatoms. The van der Waals surface area contributed by atoms with Gasteiger partial charge in [-0.15, -0.1) is 0 Å². The van der Waals surface area contributed by atoms with E-state index < -0.39 is 0 Å². The summed E-state index contributed by atoms with van der Waals surface area (Å²) in [5.41, 5.74) is 4.62. The fourth-order valence-electron chi connectivity index (χ4n) is 2.19. The zero-order valence-corrected chi connectivity index (χ0v) is 15.1. The van der Waals surface area contributed by atoms with Crippen LogP contribution in [0.4, 0.5) is 0 Å². The molecule has 3 rings (SSSR count). The molecule has 0 aliphatic carbocycles. The largest absolute Gasteiger partial charge is 0.497 e. The van der Waals surface area contributed by atoms with Gasteiger partial charge >= 0.3 is 0 Å². The zero-order valence-electron chi connectivity index (χ0n) is 14.3. The number of nitrogens with zero attached hydrogens (tertiary/aromatic N) is 2. The molecule has 0 spiro atoms. The van der Waals surface area contributed by atoms with Crippen LogP contribution in [0, 0.1) is 0 Å². The minimum absolute atomic E-state index is 0.138. The summed E-state index contributed by atoms with van der Waals surface area (Å²) < 4.78 is 16.0. The van der Waals surface area contributed by atoms with Gasteiger partial charge in [0.15, 0.2) is 5.58 Å². The molecule has 1 heterocycles. The van der Waals surface area contributed by atoms with Crippen molar-refractivity contribution in [2.24, 2.45) is 5.10 Å². The summed E-state index contributed by atoms with van der Waals surface area (Å²) in [7, 11) is 3.14. The second-order valence-corrected chi connectivity index (χ2v) is 6.06. The molecule has 1 aromatic heterocycles. The second-order valence-electron chi connectivity index (χ2n) is 5.14. The fraction of sp³-hybridized carbons (Fsp3) is 0.167. The lowest BCUT2D eigenvalue weighted by Crippen LogP contribution is -2.19. The van der Waals surface area contributed by atoms with Gasteiger partial charge in [0, 0.05) is 5.56 Å². The van der Waals surface area contributed by atoms with Gasteiger partial charge in [0.05, 0.1) is 26.2 Å². The van der Waals surface area contributed by atoms with E-state index in [9.17, 15) is 4.79 Å². The first-order valence-electron chi connectivity index (χ1n) is 7.72. The molecular formula is C18H17N3O4S. The van der Waals surface area contributed by atoms with E-state index in [0.717, 1.165) is 5.52 Å². The van der Waals surface area contributed by atoms with E-state index in [1.54, 1.807) is 32.4 Å². The summed E-state index contributed by atoms with van der Waals surface area (Å²) in [5, 5.41) is 4.40. The van der Waals surface area contributed by atoms with E-state index in [4.69, 9.17) is 13.9 Å². The van der Waals surface area contributed by atoms with Crippen molar-refractivity contribution in [2.75, 3.05) is 20.0 Å². The van der Waals surface area contributed by atoms with E-state index in [0.29, 0.717) is 27.9 Å². The van der Waals surface area contributed by atoms with Crippen LogP contribution in [0.15, 0.2) is 57.2 Å². The number of hydrazone groups is 1. The Morgan fingerprint density at radius 1 is 1.27 bits per heavy atom. The number of fused-ring (bicyclic) bond motifs is 1. The maximum Gasteiger partial charge on any atom is 0.257 e. The van der Waals surface area contributed by atoms with Crippen LogP contribution in [0.1, 0.15) is 5.56 Å². The monoisotopic (exact) mass is 371 g/mol. The van der Waals surface area contributed by atoms with E-state index in [-0.39, 0.29) is 11.7 Å². The molecule has 0 aliphatic heterocycles. The number of carbonyl (C=O) groups excluding carboxylic acids is 1. The third-order valence-electron chi connectivity index (χ3n) is 3.43. The average Bonchev–Trinajstić information content (AvgIpc) is 3.09. The van der Waals surface area contributed by atoms with Crippen molar-refractivity contribution < 1.29 is 18.7 Å². The second kappa shape index (κ2) is 8.39. The first-order valence-corrected chi connectivity index (χ1v) is 8.70. The lowest BCUT2D eigenvalue weighted by atomic mass is 10.2. The summed E-state index contributed by atoms with van der Waals surface area (Å²) >= 11 is 1.21. The number of benzene rings is 2. The predicted octanol–water partition coefficient (Wildman–Crippen LogP) is 3.09. The van der Waals surface area contributed by atoms with Crippen molar-refractivity contribution in [2.45, 2.75) is 5.22 Å². The molecule has 7 nitrogen and oxygen atoms in total. The highest BCUT2D eigenvalue weighted by molar-refractivity contribution is 7.99. The standard InChI is InChI=1S/C18H17N3O4S/c1-23-13-7-8-15(24-2)12(9-13)10-19-21-17(22)11-26-18-20-14-5-3-4-6-16(14)25-18/h3-10H,11H2,1-2H3,(H,21,22)/b19-10-. The van der Waals surface area contributed by atoms with Gasteiger partial charge in [-0.25, -0.2) is 10.4 Å². The first-order chi connectivity index (χ1) is 12.7. The number of aromatic nitrogens is 1. The van der Waals surface area contributed by atoms with E-state index in [1.165, 1.54) is 18.0 Å². The molecule has 3 aromatic rings. The highest BCUT2D eigenvalue weighted by Crippen LogP contribution is 2.23. The Morgan fingerprint density at radius 2 is 2.12 bits per heavy atom. The molecule has 1 N–H and O–H groups in total. The maximum atomic E-state index is 11.9. The highest BCUT2D eigenvalue weighted by Gasteiger charge is 2.09. The highest BCUT2D eigenvalue weighted by atomic mass is 32.2. The minimum Gasteiger partial charge on any atom is -0.497 e. The van der Waals surface area contributed by atoms with Crippen LogP contribution in [-0.4, -0.2) is 37.1 Å². The number of carbonyl (C=O) groups is 1. The van der Waals surface area contributed by atoms with Crippen molar-refractivity contribution in [3.8, 4) is 11.5 Å². The number of nitrogens with one attached hydrogen (secondary N) is 1. The van der Waals surface area contributed by atoms with Crippen molar-refractivity contribution in [1.82, 2.24) is 10.4 Å². The number of thioether (sulfide) groups is 1. The van der Waals surface area contributed by atoms with Gasteiger partial charge < -0.3 is 13.9 Å². The zero-order chi connectivity index (χ0) is 18.4. The van der Waals surface area contributed by atoms with Crippen LogP contribution >= 0.6 is 11.8 Å². The van der Waals surface area contributed by atoms with Crippen molar-refractivity contribution in [3.05, 3.63) is 48.0 Å². The van der Waals surface area contributed by atoms with Crippen molar-refractivity contribution >= 4 is 35.0 Å². The molecular weight excluding hydrogens is 354 g/mol. The average molecular weight is 371 g/mol. The third kappa shape index (κ3) is 4.34. The Morgan fingerprint density at radius 3 is 2.88 bits per heavy atom. The van der Waals surface area contributed by atoms with Crippen molar-refractivity contribution in [3.63, 3.8) is 0 Å². The minimum atomic E-state index is -0.268. The van der Waals surface area contributed by atoms with E-state index >= 15 is 0 Å². The Labute approximate surface area is 154 Å². The Bertz CT molecular complexity index is 906. The van der Waals surface area contributed by atoms with Crippen LogP contribution < -0.4 is 14.9 Å². The molecule has 2 aromatic carbocycles. The molecule has 26 heavy (non-hydrogen) atoms. The summed E-state index contributed by atoms with van der Waals surface area (Å²) in [4.78, 5) is 16.2. The number of rotatable bonds is 7. The topological polar surface area (TPSA) is 86.0 Å². The number of oxazole rings is 1. The molecule has 0 unspecified atom stereocenters. The van der Waals surface area contributed by atoms with Gasteiger partial charge in [0.1, 0.15) is 17.0 Å². The van der Waals surface area contributed by atoms with Crippen molar-refractivity contribution in [1.29, 1.82) is 0 Å². The molecule has 1 amide bonds. The molecule has 0 aliphatic rings. The van der Waals surface area contributed by atoms with Gasteiger partial charge in [0.2, 0.25) is 0 Å². The summed E-state index contributed by atoms with van der Waals surface area (Å²) in [5.74, 6) is 1.17. The Hall–Kier alpha value is -3.00. The fourth-order valence-corrected chi connectivity index (χ4v) is 2.82. The molecule has 0 atom stereocenters. The normalized spacial score (nSPS) is 11.0. The van der Waals surface area contributed by atoms with Crippen LogP contribution in [0.25, 0.3) is 11.1 Å². The summed E-state index contributed by atoms with van der Waals surface area (Å²) in [6, 6.07) is 12.8. The van der Waals surface area contributed by atoms with Crippen LogP contribution in [0.3, 0.4) is 0 Å². The van der Waals surface area contributed by atoms with Gasteiger partial charge in [-0.2, -0.15) is 5.10 Å². The smallest absolute Gasteiger partial charge is 0.257 e. The number of hydrogen-bond acceptors (Lipinski definition) is 7. The number of hydrogen-bond donors (Lipinski definition) is 1. The van der Waals surface area contributed by atoms with Crippen LogP contribution in [-0.2, 0) is 4.79 Å². The Balaban J connectivity index is 1.56. The number of amides is 1. The van der Waals surface area contributed by atoms with E-state index in [2.05, 4.69) is 15.5 Å². The SMILES string of the molecule is COc1ccc(OC)c(/C=N\NC(=O)CSc2nc3ccccc3o2)c1. The molecule has 0 fully saturated rings. The predicted molar refractivity (Wildman–Crippen MR) is 100 cm³/mol. The number of methoxy groups -OCH3 is 2. The van der Waals surface area contributed by atoms with Gasteiger partial charge in [-0.3, -0.25) is 4.79 Å². The van der Waals surface area contributed by atoms with Crippen LogP contribution in [0.2, 0.25) is 0 Å². The lowest BCUT2D eigenvalue weighted by Gasteiger charge is -2.06. The summed E-state index contributed by atoms with van der Waals surface area (Å²) in [6.45, 7) is 0. The number of ether oxygens (including phenoxy) is 2. The molecule has 0 radical (unpaired) electrons. The molecule has 134 valence electrons. The third-order valence-corrected chi connectivity index (χ3v) is 4.26. The Kier molecular flexibility index (Phi) is 5.75. The quantitative estimate of drug-likeness (QED) is 0.390. The summed E-state index contributed by atoms with van der Waals surface area (Å²) in [6.07, 6.45) is 1.50. The molecule has 0 saturated heterocycles. The molecule has 0 saturated carbocycles. The molecule has 0 bridgehead atoms. The van der Waals surface area contributed by atoms with Gasteiger partial charge in [-0.05, 0) is 30.3 Å². The van der Waals surface area contributed by atoms with Gasteiger partial charge in [0.25, 0.3) is 11.1 Å². The first kappa shape index (κ1) is 17.8. The van der Waals surface area contributed by atoms with Gasteiger partial charge in [-0.1, -0.05) is 23.9 Å².